The molecule has 0 unspecified atom stereocenters. The summed E-state index contributed by atoms with van der Waals surface area (Å²) in [4.78, 5) is 10.5. The normalized spacial score (nSPS) is 10.2. The van der Waals surface area contributed by atoms with Crippen LogP contribution in [0.15, 0.2) is 34.9 Å². The molecule has 1 aromatic heterocycles. The lowest BCUT2D eigenvalue weighted by atomic mass is 10.3. The molecule has 0 atom stereocenters. The Kier molecular flexibility index (Phi) is 3.04. The Hall–Kier alpha value is -2.37. The largest absolute Gasteiger partial charge is 0.484 e. The van der Waals surface area contributed by atoms with E-state index in [1.165, 1.54) is 18.2 Å². The molecule has 5 nitrogen and oxygen atoms in total. The highest BCUT2D eigenvalue weighted by Gasteiger charge is 2.11. The van der Waals surface area contributed by atoms with Gasteiger partial charge in [0, 0.05) is 6.07 Å². The van der Waals surface area contributed by atoms with Crippen molar-refractivity contribution in [3.8, 4) is 5.75 Å². The van der Waals surface area contributed by atoms with Gasteiger partial charge in [-0.25, -0.2) is 9.18 Å². The number of rotatable bonds is 4. The summed E-state index contributed by atoms with van der Waals surface area (Å²) < 4.78 is 22.8. The summed E-state index contributed by atoms with van der Waals surface area (Å²) in [6.07, 6.45) is 0. The minimum atomic E-state index is -1.21. The van der Waals surface area contributed by atoms with E-state index in [0.29, 0.717) is 0 Å². The van der Waals surface area contributed by atoms with Crippen molar-refractivity contribution in [3.63, 3.8) is 0 Å². The molecule has 0 bridgehead atoms. The first-order valence-electron chi connectivity index (χ1n) is 4.73. The van der Waals surface area contributed by atoms with Crippen LogP contribution in [0.1, 0.15) is 16.2 Å². The van der Waals surface area contributed by atoms with Gasteiger partial charge in [0.15, 0.2) is 11.6 Å². The second kappa shape index (κ2) is 4.65. The summed E-state index contributed by atoms with van der Waals surface area (Å²) in [7, 11) is 0. The van der Waals surface area contributed by atoms with Crippen LogP contribution in [0.2, 0.25) is 0 Å². The van der Waals surface area contributed by atoms with Gasteiger partial charge < -0.3 is 14.4 Å². The summed E-state index contributed by atoms with van der Waals surface area (Å²) in [6, 6.07) is 7.13. The zero-order valence-corrected chi connectivity index (χ0v) is 8.59. The fourth-order valence-electron chi connectivity index (χ4n) is 1.19. The van der Waals surface area contributed by atoms with Crippen LogP contribution < -0.4 is 4.74 Å². The highest BCUT2D eigenvalue weighted by atomic mass is 19.1. The van der Waals surface area contributed by atoms with Gasteiger partial charge in [0.2, 0.25) is 5.76 Å². The van der Waals surface area contributed by atoms with Gasteiger partial charge in [0.25, 0.3) is 0 Å². The van der Waals surface area contributed by atoms with Gasteiger partial charge in [-0.15, -0.1) is 0 Å². The lowest BCUT2D eigenvalue weighted by Crippen LogP contribution is -1.97. The quantitative estimate of drug-likeness (QED) is 0.881. The van der Waals surface area contributed by atoms with E-state index < -0.39 is 11.8 Å². The van der Waals surface area contributed by atoms with E-state index >= 15 is 0 Å². The van der Waals surface area contributed by atoms with E-state index in [1.54, 1.807) is 12.1 Å². The van der Waals surface area contributed by atoms with Gasteiger partial charge in [-0.1, -0.05) is 17.3 Å². The Morgan fingerprint density at radius 3 is 2.88 bits per heavy atom. The van der Waals surface area contributed by atoms with Crippen LogP contribution in [0.3, 0.4) is 0 Å². The van der Waals surface area contributed by atoms with E-state index in [-0.39, 0.29) is 23.8 Å². The van der Waals surface area contributed by atoms with Gasteiger partial charge in [0.05, 0.1) is 0 Å². The number of aromatic nitrogens is 1. The van der Waals surface area contributed by atoms with E-state index in [9.17, 15) is 9.18 Å². The fourth-order valence-corrected chi connectivity index (χ4v) is 1.19. The van der Waals surface area contributed by atoms with Crippen LogP contribution in [-0.2, 0) is 6.61 Å². The molecule has 0 amide bonds. The van der Waals surface area contributed by atoms with Crippen LogP contribution in [0.5, 0.6) is 5.75 Å². The number of hydrogen-bond acceptors (Lipinski definition) is 4. The maximum absolute atomic E-state index is 13.2. The zero-order valence-electron chi connectivity index (χ0n) is 8.59. The highest BCUT2D eigenvalue weighted by molar-refractivity contribution is 5.84. The number of halogens is 1. The minimum Gasteiger partial charge on any atom is -0.484 e. The molecule has 0 spiro atoms. The molecule has 0 saturated carbocycles. The van der Waals surface area contributed by atoms with Crippen molar-refractivity contribution < 1.29 is 23.6 Å². The average Bonchev–Trinajstić information content (AvgIpc) is 2.77. The maximum atomic E-state index is 13.2. The van der Waals surface area contributed by atoms with Crippen molar-refractivity contribution in [2.75, 3.05) is 0 Å². The van der Waals surface area contributed by atoms with Crippen LogP contribution in [-0.4, -0.2) is 16.2 Å². The van der Waals surface area contributed by atoms with Gasteiger partial charge in [0.1, 0.15) is 12.3 Å². The van der Waals surface area contributed by atoms with E-state index in [2.05, 4.69) is 9.68 Å². The molecule has 0 saturated heterocycles. The molecule has 0 radical (unpaired) electrons. The number of carboxylic acid groups (broad SMARTS) is 1. The average molecular weight is 237 g/mol. The summed E-state index contributed by atoms with van der Waals surface area (Å²) >= 11 is 0. The molecule has 0 aliphatic carbocycles. The van der Waals surface area contributed by atoms with Gasteiger partial charge in [-0.05, 0) is 12.1 Å². The second-order valence-corrected chi connectivity index (χ2v) is 3.21. The molecule has 2 aromatic rings. The third-order valence-electron chi connectivity index (χ3n) is 1.98. The van der Waals surface area contributed by atoms with Crippen LogP contribution in [0.4, 0.5) is 4.39 Å². The lowest BCUT2D eigenvalue weighted by Gasteiger charge is -2.03. The van der Waals surface area contributed by atoms with Crippen molar-refractivity contribution in [2.45, 2.75) is 6.61 Å². The molecular weight excluding hydrogens is 229 g/mol. The smallest absolute Gasteiger partial charge is 0.374 e. The Bertz CT molecular complexity index is 538. The summed E-state index contributed by atoms with van der Waals surface area (Å²) in [5, 5.41) is 12.1. The molecular formula is C11H8FNO4. The zero-order chi connectivity index (χ0) is 12.3. The number of carbonyl (C=O) groups is 1. The Morgan fingerprint density at radius 1 is 1.47 bits per heavy atom. The lowest BCUT2D eigenvalue weighted by molar-refractivity contribution is 0.0651. The molecule has 2 rings (SSSR count). The summed E-state index contributed by atoms with van der Waals surface area (Å²) in [5.41, 5.74) is 0.283. The molecule has 0 aliphatic rings. The van der Waals surface area contributed by atoms with E-state index in [1.807, 2.05) is 0 Å². The number of nitrogens with zero attached hydrogens (tertiary/aromatic N) is 1. The van der Waals surface area contributed by atoms with Gasteiger partial charge in [-0.2, -0.15) is 0 Å². The monoisotopic (exact) mass is 237 g/mol. The topological polar surface area (TPSA) is 72.6 Å². The highest BCUT2D eigenvalue weighted by Crippen LogP contribution is 2.17. The minimum absolute atomic E-state index is 0.0578. The molecule has 88 valence electrons. The van der Waals surface area contributed by atoms with Crippen LogP contribution in [0.25, 0.3) is 0 Å². The second-order valence-electron chi connectivity index (χ2n) is 3.21. The van der Waals surface area contributed by atoms with Gasteiger partial charge in [-0.3, -0.25) is 0 Å². The first kappa shape index (κ1) is 11.1. The van der Waals surface area contributed by atoms with Crippen molar-refractivity contribution >= 4 is 5.97 Å². The first-order valence-corrected chi connectivity index (χ1v) is 4.73. The molecule has 17 heavy (non-hydrogen) atoms. The van der Waals surface area contributed by atoms with Crippen molar-refractivity contribution in [1.82, 2.24) is 5.16 Å². The molecule has 1 N–H and O–H groups in total. The van der Waals surface area contributed by atoms with Crippen molar-refractivity contribution in [3.05, 3.63) is 47.6 Å². The van der Waals surface area contributed by atoms with Crippen LogP contribution in [0, 0.1) is 5.82 Å². The summed E-state index contributed by atoms with van der Waals surface area (Å²) in [6.45, 7) is -0.0578. The molecule has 1 aromatic carbocycles. The SMILES string of the molecule is O=C(O)c1cc(COc2ccccc2F)no1. The molecule has 6 heteroatoms. The number of benzene rings is 1. The third-order valence-corrected chi connectivity index (χ3v) is 1.98. The van der Waals surface area contributed by atoms with Crippen LogP contribution >= 0.6 is 0 Å². The number of ether oxygens (including phenoxy) is 1. The predicted molar refractivity (Wildman–Crippen MR) is 54.2 cm³/mol. The number of carboxylic acids is 1. The van der Waals surface area contributed by atoms with Gasteiger partial charge >= 0.3 is 5.97 Å². The Balaban J connectivity index is 2.02. The predicted octanol–water partition coefficient (Wildman–Crippen LogP) is 2.09. The number of hydrogen-bond donors (Lipinski definition) is 1. The first-order chi connectivity index (χ1) is 8.16. The standard InChI is InChI=1S/C11H8FNO4/c12-8-3-1-2-4-9(8)16-6-7-5-10(11(14)15)17-13-7/h1-5H,6H2,(H,14,15). The van der Waals surface area contributed by atoms with Crippen molar-refractivity contribution in [2.24, 2.45) is 0 Å². The summed E-state index contributed by atoms with van der Waals surface area (Å²) in [5.74, 6) is -1.91. The Morgan fingerprint density at radius 2 is 2.24 bits per heavy atom. The van der Waals surface area contributed by atoms with E-state index in [4.69, 9.17) is 9.84 Å². The van der Waals surface area contributed by atoms with E-state index in [0.717, 1.165) is 0 Å². The fraction of sp³-hybridized carbons (Fsp3) is 0.0909. The Labute approximate surface area is 95.4 Å². The third kappa shape index (κ3) is 2.60. The number of aromatic carboxylic acids is 1. The maximum Gasteiger partial charge on any atom is 0.374 e. The molecule has 0 aliphatic heterocycles. The molecule has 0 fully saturated rings. The molecule has 1 heterocycles. The van der Waals surface area contributed by atoms with Crippen molar-refractivity contribution in [1.29, 1.82) is 0 Å². The number of para-hydroxylation sites is 1.